The first-order valence-corrected chi connectivity index (χ1v) is 11.9. The molecule has 2 fully saturated rings. The first kappa shape index (κ1) is 22.2. The van der Waals surface area contributed by atoms with Gasteiger partial charge in [0.05, 0.1) is 0 Å². The van der Waals surface area contributed by atoms with Crippen LogP contribution in [0.25, 0.3) is 5.65 Å². The third-order valence-corrected chi connectivity index (χ3v) is 6.42. The summed E-state index contributed by atoms with van der Waals surface area (Å²) in [4.78, 5) is 33.3. The van der Waals surface area contributed by atoms with Gasteiger partial charge in [0.15, 0.2) is 5.65 Å². The Labute approximate surface area is 199 Å². The molecule has 9 nitrogen and oxygen atoms in total. The maximum atomic E-state index is 12.8. The second kappa shape index (κ2) is 8.62. The van der Waals surface area contributed by atoms with Crippen molar-refractivity contribution in [3.8, 4) is 0 Å². The quantitative estimate of drug-likeness (QED) is 0.617. The minimum Gasteiger partial charge on any atom is -0.353 e. The van der Waals surface area contributed by atoms with Gasteiger partial charge in [-0.15, -0.1) is 5.10 Å². The van der Waals surface area contributed by atoms with Crippen molar-refractivity contribution < 1.29 is 9.59 Å². The number of hydrogen-bond acceptors (Lipinski definition) is 5. The Balaban J connectivity index is 1.21. The number of rotatable bonds is 4. The minimum atomic E-state index is -0.0906. The molecule has 0 bridgehead atoms. The third kappa shape index (κ3) is 4.69. The summed E-state index contributed by atoms with van der Waals surface area (Å²) in [5, 5.41) is 10.3. The topological polar surface area (TPSA) is 94.9 Å². The van der Waals surface area contributed by atoms with Gasteiger partial charge in [-0.25, -0.2) is 4.79 Å². The normalized spacial score (nSPS) is 16.6. The molecule has 1 saturated heterocycles. The number of piperazine rings is 1. The van der Waals surface area contributed by atoms with Gasteiger partial charge in [-0.05, 0) is 48.1 Å². The lowest BCUT2D eigenvalue weighted by Gasteiger charge is -2.35. The van der Waals surface area contributed by atoms with Crippen LogP contribution in [0.4, 0.5) is 22.2 Å². The zero-order chi connectivity index (χ0) is 23.9. The highest BCUT2D eigenvalue weighted by Gasteiger charge is 2.30. The van der Waals surface area contributed by atoms with Crippen LogP contribution >= 0.6 is 0 Å². The van der Waals surface area contributed by atoms with Crippen molar-refractivity contribution in [2.75, 3.05) is 41.7 Å². The molecule has 34 heavy (non-hydrogen) atoms. The van der Waals surface area contributed by atoms with Gasteiger partial charge in [0.2, 0.25) is 11.9 Å². The summed E-state index contributed by atoms with van der Waals surface area (Å²) in [5.41, 5.74) is 2.79. The number of amides is 3. The van der Waals surface area contributed by atoms with E-state index >= 15 is 0 Å². The van der Waals surface area contributed by atoms with E-state index < -0.39 is 0 Å². The van der Waals surface area contributed by atoms with E-state index in [0.29, 0.717) is 37.8 Å². The Morgan fingerprint density at radius 2 is 1.65 bits per heavy atom. The number of urea groups is 1. The van der Waals surface area contributed by atoms with Gasteiger partial charge in [-0.3, -0.25) is 10.1 Å². The van der Waals surface area contributed by atoms with Crippen LogP contribution < -0.4 is 15.5 Å². The number of benzene rings is 1. The molecule has 5 rings (SSSR count). The predicted molar refractivity (Wildman–Crippen MR) is 132 cm³/mol. The average Bonchev–Trinajstić information content (AvgIpc) is 3.59. The molecule has 9 heteroatoms. The van der Waals surface area contributed by atoms with E-state index in [2.05, 4.69) is 58.5 Å². The Bertz CT molecular complexity index is 1200. The molecular weight excluding hydrogens is 430 g/mol. The molecule has 0 unspecified atom stereocenters. The SMILES string of the molecule is CC(C)(C)c1ccc(NC(=O)N2CCN(c3cccc4nc(NC(=O)C5CC5)nn34)CC2)cc1. The molecule has 3 aromatic rings. The molecule has 2 aromatic heterocycles. The van der Waals surface area contributed by atoms with Crippen molar-refractivity contribution in [1.29, 1.82) is 0 Å². The van der Waals surface area contributed by atoms with Gasteiger partial charge in [-0.1, -0.05) is 39.0 Å². The molecule has 0 atom stereocenters. The van der Waals surface area contributed by atoms with Crippen molar-refractivity contribution in [3.63, 3.8) is 0 Å². The first-order valence-electron chi connectivity index (χ1n) is 11.9. The van der Waals surface area contributed by atoms with Gasteiger partial charge >= 0.3 is 6.03 Å². The minimum absolute atomic E-state index is 0.00914. The van der Waals surface area contributed by atoms with Crippen molar-refractivity contribution in [2.45, 2.75) is 39.0 Å². The zero-order valence-electron chi connectivity index (χ0n) is 19.9. The number of anilines is 3. The van der Waals surface area contributed by atoms with Crippen LogP contribution in [0.2, 0.25) is 0 Å². The molecule has 1 saturated carbocycles. The number of pyridine rings is 1. The lowest BCUT2D eigenvalue weighted by atomic mass is 9.87. The summed E-state index contributed by atoms with van der Waals surface area (Å²) in [6, 6.07) is 13.7. The summed E-state index contributed by atoms with van der Waals surface area (Å²) >= 11 is 0. The van der Waals surface area contributed by atoms with E-state index in [4.69, 9.17) is 0 Å². The van der Waals surface area contributed by atoms with Crippen molar-refractivity contribution in [2.24, 2.45) is 5.92 Å². The first-order chi connectivity index (χ1) is 16.3. The second-order valence-electron chi connectivity index (χ2n) is 10.1. The molecule has 178 valence electrons. The van der Waals surface area contributed by atoms with Crippen LogP contribution in [-0.2, 0) is 10.2 Å². The Morgan fingerprint density at radius 1 is 0.941 bits per heavy atom. The highest BCUT2D eigenvalue weighted by atomic mass is 16.2. The van der Waals surface area contributed by atoms with Gasteiger partial charge in [0.25, 0.3) is 0 Å². The Kier molecular flexibility index (Phi) is 5.63. The highest BCUT2D eigenvalue weighted by molar-refractivity contribution is 5.92. The second-order valence-corrected chi connectivity index (χ2v) is 10.1. The standard InChI is InChI=1S/C25H31N7O2/c1-25(2,3)18-9-11-19(12-10-18)26-24(34)31-15-13-30(14-16-31)21-6-4-5-20-27-23(29-32(20)21)28-22(33)17-7-8-17/h4-6,9-12,17H,7-8,13-16H2,1-3H3,(H,26,34)(H,28,29,33). The van der Waals surface area contributed by atoms with Gasteiger partial charge in [0.1, 0.15) is 5.82 Å². The fraction of sp³-hybridized carbons (Fsp3) is 0.440. The van der Waals surface area contributed by atoms with Crippen LogP contribution in [0.1, 0.15) is 39.2 Å². The molecule has 2 aliphatic rings. The highest BCUT2D eigenvalue weighted by Crippen LogP contribution is 2.30. The Hall–Kier alpha value is -3.62. The molecule has 1 aliphatic carbocycles. The van der Waals surface area contributed by atoms with E-state index in [-0.39, 0.29) is 23.3 Å². The van der Waals surface area contributed by atoms with Crippen LogP contribution in [-0.4, -0.2) is 57.6 Å². The largest absolute Gasteiger partial charge is 0.353 e. The van der Waals surface area contributed by atoms with E-state index in [1.165, 1.54) is 5.56 Å². The molecule has 3 heterocycles. The van der Waals surface area contributed by atoms with Gasteiger partial charge in [-0.2, -0.15) is 9.50 Å². The maximum absolute atomic E-state index is 12.8. The lowest BCUT2D eigenvalue weighted by molar-refractivity contribution is -0.117. The number of nitrogens with zero attached hydrogens (tertiary/aromatic N) is 5. The zero-order valence-corrected chi connectivity index (χ0v) is 19.9. The fourth-order valence-corrected chi connectivity index (χ4v) is 4.14. The predicted octanol–water partition coefficient (Wildman–Crippen LogP) is 3.73. The Morgan fingerprint density at radius 3 is 2.29 bits per heavy atom. The summed E-state index contributed by atoms with van der Waals surface area (Å²) in [5.74, 6) is 1.32. The van der Waals surface area contributed by atoms with Crippen LogP contribution in [0.5, 0.6) is 0 Å². The van der Waals surface area contributed by atoms with Crippen molar-refractivity contribution in [1.82, 2.24) is 19.5 Å². The number of nitrogens with one attached hydrogen (secondary N) is 2. The summed E-state index contributed by atoms with van der Waals surface area (Å²) < 4.78 is 1.76. The average molecular weight is 462 g/mol. The molecule has 0 radical (unpaired) electrons. The smallest absolute Gasteiger partial charge is 0.321 e. The fourth-order valence-electron chi connectivity index (χ4n) is 4.14. The summed E-state index contributed by atoms with van der Waals surface area (Å²) in [6.07, 6.45) is 1.87. The monoisotopic (exact) mass is 461 g/mol. The van der Waals surface area contributed by atoms with Crippen molar-refractivity contribution >= 4 is 35.0 Å². The van der Waals surface area contributed by atoms with Crippen LogP contribution in [0, 0.1) is 5.92 Å². The third-order valence-electron chi connectivity index (χ3n) is 6.42. The number of hydrogen-bond donors (Lipinski definition) is 2. The molecule has 1 aliphatic heterocycles. The molecular formula is C25H31N7O2. The van der Waals surface area contributed by atoms with Crippen LogP contribution in [0.15, 0.2) is 42.5 Å². The maximum Gasteiger partial charge on any atom is 0.321 e. The van der Waals surface area contributed by atoms with Crippen molar-refractivity contribution in [3.05, 3.63) is 48.0 Å². The van der Waals surface area contributed by atoms with E-state index in [0.717, 1.165) is 24.3 Å². The number of fused-ring (bicyclic) bond motifs is 1. The lowest BCUT2D eigenvalue weighted by Crippen LogP contribution is -2.50. The molecule has 3 amide bonds. The van der Waals surface area contributed by atoms with Crippen LogP contribution in [0.3, 0.4) is 0 Å². The molecule has 0 spiro atoms. The number of carbonyl (C=O) groups excluding carboxylic acids is 2. The van der Waals surface area contributed by atoms with E-state index in [9.17, 15) is 9.59 Å². The van der Waals surface area contributed by atoms with E-state index in [1.807, 2.05) is 35.2 Å². The number of aromatic nitrogens is 3. The summed E-state index contributed by atoms with van der Waals surface area (Å²) in [7, 11) is 0. The number of carbonyl (C=O) groups is 2. The van der Waals surface area contributed by atoms with E-state index in [1.54, 1.807) is 4.52 Å². The van der Waals surface area contributed by atoms with Gasteiger partial charge in [0, 0.05) is 37.8 Å². The summed E-state index contributed by atoms with van der Waals surface area (Å²) in [6.45, 7) is 9.07. The molecule has 2 N–H and O–H groups in total. The molecule has 1 aromatic carbocycles. The van der Waals surface area contributed by atoms with Gasteiger partial charge < -0.3 is 15.1 Å².